The van der Waals surface area contributed by atoms with E-state index >= 15 is 0 Å². The summed E-state index contributed by atoms with van der Waals surface area (Å²) < 4.78 is 0. The molecular formula is C22H29N5O3S. The Hall–Kier alpha value is -2.94. The van der Waals surface area contributed by atoms with E-state index in [0.29, 0.717) is 23.7 Å². The van der Waals surface area contributed by atoms with Gasteiger partial charge in [-0.3, -0.25) is 25.2 Å². The van der Waals surface area contributed by atoms with E-state index in [1.54, 1.807) is 12.1 Å². The number of carbonyl (C=O) groups excluding carboxylic acids is 3. The zero-order valence-corrected chi connectivity index (χ0v) is 19.1. The van der Waals surface area contributed by atoms with Gasteiger partial charge in [-0.2, -0.15) is 0 Å². The maximum Gasteiger partial charge on any atom is 0.269 e. The lowest BCUT2D eigenvalue weighted by atomic mass is 10.1. The van der Waals surface area contributed by atoms with Crippen LogP contribution in [-0.2, 0) is 15.3 Å². The molecule has 1 aromatic heterocycles. The fourth-order valence-electron chi connectivity index (χ4n) is 2.59. The lowest BCUT2D eigenvalue weighted by Crippen LogP contribution is -2.46. The number of benzene rings is 1. The smallest absolute Gasteiger partial charge is 0.269 e. The summed E-state index contributed by atoms with van der Waals surface area (Å²) in [4.78, 5) is 44.4. The number of carbonyl (C=O) groups is 3. The molecule has 0 radical (unpaired) electrons. The van der Waals surface area contributed by atoms with Crippen LogP contribution in [-0.4, -0.2) is 34.2 Å². The van der Waals surface area contributed by atoms with Gasteiger partial charge in [-0.05, 0) is 49.9 Å². The molecule has 31 heavy (non-hydrogen) atoms. The first-order chi connectivity index (χ1) is 14.7. The minimum atomic E-state index is -0.493. The second-order valence-electron chi connectivity index (χ2n) is 7.63. The van der Waals surface area contributed by atoms with Crippen molar-refractivity contribution in [2.24, 2.45) is 5.92 Å². The second kappa shape index (κ2) is 12.0. The van der Waals surface area contributed by atoms with Crippen LogP contribution in [0, 0.1) is 19.8 Å². The molecule has 1 aromatic carbocycles. The van der Waals surface area contributed by atoms with Crippen molar-refractivity contribution in [1.29, 1.82) is 0 Å². The molecule has 3 N–H and O–H groups in total. The number of aryl methyl sites for hydroxylation is 2. The molecule has 0 fully saturated rings. The number of rotatable bonds is 9. The van der Waals surface area contributed by atoms with Crippen molar-refractivity contribution in [3.05, 3.63) is 52.8 Å². The van der Waals surface area contributed by atoms with Gasteiger partial charge in [-0.25, -0.2) is 9.97 Å². The summed E-state index contributed by atoms with van der Waals surface area (Å²) in [5, 5.41) is 3.25. The van der Waals surface area contributed by atoms with Gasteiger partial charge in [0.05, 0.1) is 6.54 Å². The molecule has 0 bridgehead atoms. The highest BCUT2D eigenvalue weighted by molar-refractivity contribution is 7.98. The Morgan fingerprint density at radius 1 is 0.968 bits per heavy atom. The highest BCUT2D eigenvalue weighted by Gasteiger charge is 2.10. The Morgan fingerprint density at radius 2 is 1.61 bits per heavy atom. The van der Waals surface area contributed by atoms with Crippen LogP contribution >= 0.6 is 11.8 Å². The van der Waals surface area contributed by atoms with Crippen molar-refractivity contribution >= 4 is 29.5 Å². The Labute approximate surface area is 187 Å². The predicted molar refractivity (Wildman–Crippen MR) is 120 cm³/mol. The molecule has 0 atom stereocenters. The van der Waals surface area contributed by atoms with Crippen molar-refractivity contribution in [2.45, 2.75) is 51.4 Å². The van der Waals surface area contributed by atoms with Crippen LogP contribution in [0.15, 0.2) is 35.5 Å². The van der Waals surface area contributed by atoms with Gasteiger partial charge in [0.15, 0.2) is 5.16 Å². The summed E-state index contributed by atoms with van der Waals surface area (Å²) in [6.07, 6.45) is 1.13. The molecule has 2 aromatic rings. The van der Waals surface area contributed by atoms with Crippen LogP contribution in [0.1, 0.15) is 54.0 Å². The molecular weight excluding hydrogens is 414 g/mol. The average molecular weight is 444 g/mol. The molecule has 0 saturated carbocycles. The molecule has 9 heteroatoms. The average Bonchev–Trinajstić information content (AvgIpc) is 2.72. The number of thioether (sulfide) groups is 1. The van der Waals surface area contributed by atoms with E-state index in [9.17, 15) is 14.4 Å². The van der Waals surface area contributed by atoms with Crippen molar-refractivity contribution < 1.29 is 14.4 Å². The standard InChI is InChI=1S/C22H29N5O3S/c1-14(2)5-10-19(28)23-12-20(29)26-27-21(30)18-8-6-17(7-9-18)13-31-22-24-15(3)11-16(4)25-22/h6-9,11,14H,5,10,12-13H2,1-4H3,(H,23,28)(H,26,29)(H,27,30). The van der Waals surface area contributed by atoms with E-state index in [1.807, 2.05) is 45.9 Å². The minimum Gasteiger partial charge on any atom is -0.347 e. The minimum absolute atomic E-state index is 0.185. The normalized spacial score (nSPS) is 10.6. The fraction of sp³-hybridized carbons (Fsp3) is 0.409. The number of hydrogen-bond donors (Lipinski definition) is 3. The molecule has 2 rings (SSSR count). The van der Waals surface area contributed by atoms with Gasteiger partial charge in [-0.15, -0.1) is 0 Å². The van der Waals surface area contributed by atoms with E-state index in [2.05, 4.69) is 26.1 Å². The number of nitrogens with zero attached hydrogens (tertiary/aromatic N) is 2. The van der Waals surface area contributed by atoms with Gasteiger partial charge >= 0.3 is 0 Å². The number of hydrogen-bond acceptors (Lipinski definition) is 6. The molecule has 166 valence electrons. The highest BCUT2D eigenvalue weighted by Crippen LogP contribution is 2.20. The number of hydrazine groups is 1. The van der Waals surface area contributed by atoms with Crippen LogP contribution in [0.3, 0.4) is 0 Å². The summed E-state index contributed by atoms with van der Waals surface area (Å²) >= 11 is 1.53. The first-order valence-corrected chi connectivity index (χ1v) is 11.1. The molecule has 0 aliphatic carbocycles. The maximum atomic E-state index is 12.2. The number of nitrogens with one attached hydrogen (secondary N) is 3. The SMILES string of the molecule is Cc1cc(C)nc(SCc2ccc(C(=O)NNC(=O)CNC(=O)CCC(C)C)cc2)n1. The molecule has 3 amide bonds. The highest BCUT2D eigenvalue weighted by atomic mass is 32.2. The van der Waals surface area contributed by atoms with Gasteiger partial charge in [-0.1, -0.05) is 37.7 Å². The number of aromatic nitrogens is 2. The molecule has 8 nitrogen and oxygen atoms in total. The van der Waals surface area contributed by atoms with Gasteiger partial charge < -0.3 is 5.32 Å². The Balaban J connectivity index is 1.74. The van der Waals surface area contributed by atoms with Crippen molar-refractivity contribution in [1.82, 2.24) is 26.1 Å². The maximum absolute atomic E-state index is 12.2. The van der Waals surface area contributed by atoms with Crippen molar-refractivity contribution in [2.75, 3.05) is 6.54 Å². The lowest BCUT2D eigenvalue weighted by Gasteiger charge is -2.09. The quantitative estimate of drug-likeness (QED) is 0.312. The monoisotopic (exact) mass is 443 g/mol. The van der Waals surface area contributed by atoms with E-state index in [-0.39, 0.29) is 12.5 Å². The molecule has 0 aliphatic rings. The third-order valence-electron chi connectivity index (χ3n) is 4.26. The van der Waals surface area contributed by atoms with Crippen molar-refractivity contribution in [3.8, 4) is 0 Å². The lowest BCUT2D eigenvalue weighted by molar-refractivity contribution is -0.126. The zero-order valence-electron chi connectivity index (χ0n) is 18.3. The Morgan fingerprint density at radius 3 is 2.23 bits per heavy atom. The largest absolute Gasteiger partial charge is 0.347 e. The van der Waals surface area contributed by atoms with Gasteiger partial charge in [0, 0.05) is 29.1 Å². The van der Waals surface area contributed by atoms with E-state index < -0.39 is 11.8 Å². The number of amides is 3. The third-order valence-corrected chi connectivity index (χ3v) is 5.17. The third kappa shape index (κ3) is 9.17. The van der Waals surface area contributed by atoms with Crippen LogP contribution in [0.25, 0.3) is 0 Å². The molecule has 0 spiro atoms. The Kier molecular flexibility index (Phi) is 9.45. The van der Waals surface area contributed by atoms with Crippen molar-refractivity contribution in [3.63, 3.8) is 0 Å². The first-order valence-electron chi connectivity index (χ1n) is 10.1. The van der Waals surface area contributed by atoms with Crippen LogP contribution in [0.2, 0.25) is 0 Å². The summed E-state index contributed by atoms with van der Waals surface area (Å²) in [6, 6.07) is 9.00. The van der Waals surface area contributed by atoms with Crippen LogP contribution in [0.4, 0.5) is 0 Å². The second-order valence-corrected chi connectivity index (χ2v) is 8.57. The van der Waals surface area contributed by atoms with Gasteiger partial charge in [0.2, 0.25) is 5.91 Å². The summed E-state index contributed by atoms with van der Waals surface area (Å²) in [7, 11) is 0. The van der Waals surface area contributed by atoms with E-state index in [1.165, 1.54) is 11.8 Å². The van der Waals surface area contributed by atoms with Crippen LogP contribution in [0.5, 0.6) is 0 Å². The van der Waals surface area contributed by atoms with E-state index in [0.717, 1.165) is 28.5 Å². The molecule has 0 saturated heterocycles. The summed E-state index contributed by atoms with van der Waals surface area (Å²) in [5.74, 6) is -0.0132. The summed E-state index contributed by atoms with van der Waals surface area (Å²) in [6.45, 7) is 7.74. The predicted octanol–water partition coefficient (Wildman–Crippen LogP) is 2.70. The topological polar surface area (TPSA) is 113 Å². The van der Waals surface area contributed by atoms with Crippen LogP contribution < -0.4 is 16.2 Å². The van der Waals surface area contributed by atoms with Gasteiger partial charge in [0.1, 0.15) is 0 Å². The van der Waals surface area contributed by atoms with Gasteiger partial charge in [0.25, 0.3) is 11.8 Å². The zero-order chi connectivity index (χ0) is 22.8. The molecule has 1 heterocycles. The van der Waals surface area contributed by atoms with E-state index in [4.69, 9.17) is 0 Å². The summed E-state index contributed by atoms with van der Waals surface area (Å²) in [5.41, 5.74) is 7.95. The fourth-order valence-corrected chi connectivity index (χ4v) is 3.49. The first kappa shape index (κ1) is 24.3. The Bertz CT molecular complexity index is 896. The molecule has 0 aliphatic heterocycles. The molecule has 0 unspecified atom stereocenters.